The molecule has 0 bridgehead atoms. The molecule has 1 aliphatic rings. The minimum absolute atomic E-state index is 0.0658. The molecule has 2 amide bonds. The third kappa shape index (κ3) is 8.30. The molecule has 0 aliphatic carbocycles. The van der Waals surface area contributed by atoms with E-state index in [1.54, 1.807) is 30.3 Å². The lowest BCUT2D eigenvalue weighted by Gasteiger charge is -2.36. The number of carbonyl (C=O) groups is 2. The van der Waals surface area contributed by atoms with Crippen molar-refractivity contribution in [3.63, 3.8) is 0 Å². The van der Waals surface area contributed by atoms with Gasteiger partial charge in [-0.15, -0.1) is 13.2 Å². The Balaban J connectivity index is 1.81. The third-order valence-electron chi connectivity index (χ3n) is 5.83. The Morgan fingerprint density at radius 2 is 1.79 bits per heavy atom. The molecule has 38 heavy (non-hydrogen) atoms. The van der Waals surface area contributed by atoms with Gasteiger partial charge in [-0.3, -0.25) is 19.9 Å². The van der Waals surface area contributed by atoms with Crippen molar-refractivity contribution in [1.82, 2.24) is 9.80 Å². The highest BCUT2D eigenvalue weighted by Gasteiger charge is 2.33. The lowest BCUT2D eigenvalue weighted by Crippen LogP contribution is -2.52. The minimum atomic E-state index is -5.01. The molecule has 9 nitrogen and oxygen atoms in total. The SMILES string of the molecule is CCC(C(=O)Nc1cc(C(=O)N=C(N)SC(=N)c2ccccc2)ccc1OC(F)(F)F)N1CCN(C)CC1. The second-order valence-corrected chi connectivity index (χ2v) is 9.59. The molecule has 204 valence electrons. The number of thioether (sulfide) groups is 1. The van der Waals surface area contributed by atoms with Crippen LogP contribution in [0.3, 0.4) is 0 Å². The summed E-state index contributed by atoms with van der Waals surface area (Å²) in [5, 5.41) is 10.5. The van der Waals surface area contributed by atoms with Crippen molar-refractivity contribution in [2.45, 2.75) is 25.7 Å². The number of anilines is 1. The first kappa shape index (κ1) is 29.1. The van der Waals surface area contributed by atoms with Crippen molar-refractivity contribution in [2.24, 2.45) is 10.7 Å². The first-order chi connectivity index (χ1) is 18.0. The van der Waals surface area contributed by atoms with Crippen LogP contribution in [0.1, 0.15) is 29.3 Å². The second kappa shape index (κ2) is 12.9. The molecule has 2 aromatic carbocycles. The van der Waals surface area contributed by atoms with Gasteiger partial charge < -0.3 is 20.7 Å². The Morgan fingerprint density at radius 1 is 1.13 bits per heavy atom. The molecule has 4 N–H and O–H groups in total. The summed E-state index contributed by atoms with van der Waals surface area (Å²) in [6, 6.07) is 11.2. The van der Waals surface area contributed by atoms with Gasteiger partial charge in [0.1, 0.15) is 5.04 Å². The zero-order valence-electron chi connectivity index (χ0n) is 20.9. The molecule has 13 heteroatoms. The lowest BCUT2D eigenvalue weighted by atomic mass is 10.1. The van der Waals surface area contributed by atoms with Gasteiger partial charge in [0.25, 0.3) is 5.91 Å². The molecule has 0 radical (unpaired) electrons. The van der Waals surface area contributed by atoms with Gasteiger partial charge in [0, 0.05) is 37.3 Å². The number of carbonyl (C=O) groups excluding carboxylic acids is 2. The molecule has 1 atom stereocenters. The van der Waals surface area contributed by atoms with Gasteiger partial charge in [0.15, 0.2) is 10.9 Å². The normalized spacial score (nSPS) is 16.1. The number of amides is 2. The number of likely N-dealkylation sites (N-methyl/N-ethyl adjacent to an activating group) is 1. The van der Waals surface area contributed by atoms with Crippen molar-refractivity contribution in [3.05, 3.63) is 59.7 Å². The van der Waals surface area contributed by atoms with Crippen molar-refractivity contribution in [1.29, 1.82) is 5.41 Å². The molecular weight excluding hydrogens is 521 g/mol. The van der Waals surface area contributed by atoms with Gasteiger partial charge in [-0.05, 0) is 43.4 Å². The van der Waals surface area contributed by atoms with Gasteiger partial charge in [-0.1, -0.05) is 37.3 Å². The van der Waals surface area contributed by atoms with Crippen LogP contribution >= 0.6 is 11.8 Å². The van der Waals surface area contributed by atoms with Crippen LogP contribution in [-0.2, 0) is 4.79 Å². The van der Waals surface area contributed by atoms with Crippen LogP contribution in [0.2, 0.25) is 0 Å². The van der Waals surface area contributed by atoms with E-state index in [4.69, 9.17) is 11.1 Å². The molecule has 2 aromatic rings. The maximum Gasteiger partial charge on any atom is 0.573 e. The van der Waals surface area contributed by atoms with Crippen LogP contribution in [0, 0.1) is 5.41 Å². The van der Waals surface area contributed by atoms with Gasteiger partial charge in [-0.2, -0.15) is 4.99 Å². The number of aliphatic imine (C=N–C) groups is 1. The van der Waals surface area contributed by atoms with Crippen LogP contribution in [0.25, 0.3) is 0 Å². The fraction of sp³-hybridized carbons (Fsp3) is 0.360. The Hall–Kier alpha value is -3.42. The van der Waals surface area contributed by atoms with Crippen LogP contribution in [0.4, 0.5) is 18.9 Å². The van der Waals surface area contributed by atoms with Gasteiger partial charge in [-0.25, -0.2) is 0 Å². The second-order valence-electron chi connectivity index (χ2n) is 8.56. The fourth-order valence-electron chi connectivity index (χ4n) is 3.87. The quantitative estimate of drug-likeness (QED) is 0.354. The number of nitrogens with two attached hydrogens (primary N) is 1. The number of nitrogens with zero attached hydrogens (tertiary/aromatic N) is 3. The van der Waals surface area contributed by atoms with Crippen LogP contribution in [0.5, 0.6) is 5.75 Å². The maximum absolute atomic E-state index is 13.1. The molecular formula is C25H29F3N6O3S. The number of nitrogens with one attached hydrogen (secondary N) is 2. The fourth-order valence-corrected chi connectivity index (χ4v) is 4.47. The number of rotatable bonds is 7. The molecule has 1 fully saturated rings. The first-order valence-corrected chi connectivity index (χ1v) is 12.6. The third-order valence-corrected chi connectivity index (χ3v) is 6.57. The molecule has 1 saturated heterocycles. The van der Waals surface area contributed by atoms with E-state index in [1.807, 2.05) is 18.9 Å². The Kier molecular flexibility index (Phi) is 9.89. The predicted molar refractivity (Wildman–Crippen MR) is 142 cm³/mol. The monoisotopic (exact) mass is 550 g/mol. The number of amidine groups is 1. The average Bonchev–Trinajstić information content (AvgIpc) is 2.86. The molecule has 1 aliphatic heterocycles. The topological polar surface area (TPSA) is 124 Å². The Morgan fingerprint density at radius 3 is 2.39 bits per heavy atom. The van der Waals surface area contributed by atoms with Crippen molar-refractivity contribution < 1.29 is 27.5 Å². The highest BCUT2D eigenvalue weighted by Crippen LogP contribution is 2.32. The number of hydrogen-bond acceptors (Lipinski definition) is 7. The summed E-state index contributed by atoms with van der Waals surface area (Å²) in [7, 11) is 1.97. The van der Waals surface area contributed by atoms with E-state index >= 15 is 0 Å². The highest BCUT2D eigenvalue weighted by atomic mass is 32.2. The number of hydrogen-bond donors (Lipinski definition) is 3. The summed E-state index contributed by atoms with van der Waals surface area (Å²) >= 11 is 0.762. The molecule has 0 spiro atoms. The number of ether oxygens (including phenoxy) is 1. The zero-order valence-corrected chi connectivity index (χ0v) is 21.7. The van der Waals surface area contributed by atoms with E-state index in [1.165, 1.54) is 0 Å². The van der Waals surface area contributed by atoms with E-state index < -0.39 is 30.0 Å². The lowest BCUT2D eigenvalue weighted by molar-refractivity contribution is -0.274. The number of alkyl halides is 3. The molecule has 1 heterocycles. The largest absolute Gasteiger partial charge is 0.573 e. The predicted octanol–water partition coefficient (Wildman–Crippen LogP) is 3.76. The maximum atomic E-state index is 13.1. The van der Waals surface area contributed by atoms with Gasteiger partial charge >= 0.3 is 6.36 Å². The standard InChI is InChI=1S/C25H29F3N6O3S/c1-3-19(34-13-11-33(2)12-14-34)23(36)31-18-15-17(9-10-20(18)37-25(26,27)28)22(35)32-24(30)38-21(29)16-7-5-4-6-8-16/h4-10,15,19,29H,3,11-14H2,1-2H3,(H,31,36)(H2,30,32,35). The van der Waals surface area contributed by atoms with Gasteiger partial charge in [0.05, 0.1) is 11.7 Å². The summed E-state index contributed by atoms with van der Waals surface area (Å²) in [6.07, 6.45) is -4.57. The molecule has 0 aromatic heterocycles. The first-order valence-electron chi connectivity index (χ1n) is 11.8. The molecule has 3 rings (SSSR count). The van der Waals surface area contributed by atoms with E-state index in [9.17, 15) is 22.8 Å². The van der Waals surface area contributed by atoms with Crippen LogP contribution in [0.15, 0.2) is 53.5 Å². The smallest absolute Gasteiger partial charge is 0.404 e. The minimum Gasteiger partial charge on any atom is -0.404 e. The molecule has 1 unspecified atom stereocenters. The summed E-state index contributed by atoms with van der Waals surface area (Å²) in [5.74, 6) is -2.02. The zero-order chi connectivity index (χ0) is 27.9. The number of benzene rings is 2. The Labute approximate surface area is 222 Å². The van der Waals surface area contributed by atoms with E-state index in [2.05, 4.69) is 19.9 Å². The van der Waals surface area contributed by atoms with E-state index in [0.717, 1.165) is 43.1 Å². The number of halogens is 3. The average molecular weight is 551 g/mol. The van der Waals surface area contributed by atoms with Crippen molar-refractivity contribution >= 4 is 39.5 Å². The van der Waals surface area contributed by atoms with Crippen molar-refractivity contribution in [3.8, 4) is 5.75 Å². The number of piperazine rings is 1. The van der Waals surface area contributed by atoms with E-state index in [-0.39, 0.29) is 21.5 Å². The van der Waals surface area contributed by atoms with Crippen molar-refractivity contribution in [2.75, 3.05) is 38.5 Å². The van der Waals surface area contributed by atoms with E-state index in [0.29, 0.717) is 25.1 Å². The summed E-state index contributed by atoms with van der Waals surface area (Å²) in [6.45, 7) is 4.61. The molecule has 0 saturated carbocycles. The Bertz CT molecular complexity index is 1180. The highest BCUT2D eigenvalue weighted by molar-refractivity contribution is 8.26. The summed E-state index contributed by atoms with van der Waals surface area (Å²) in [4.78, 5) is 33.7. The van der Waals surface area contributed by atoms with Crippen LogP contribution in [-0.4, -0.2) is 77.5 Å². The van der Waals surface area contributed by atoms with Gasteiger partial charge in [0.2, 0.25) is 5.91 Å². The van der Waals surface area contributed by atoms with Crippen LogP contribution < -0.4 is 15.8 Å². The summed E-state index contributed by atoms with van der Waals surface area (Å²) < 4.78 is 43.2. The summed E-state index contributed by atoms with van der Waals surface area (Å²) in [5.41, 5.74) is 5.98.